The van der Waals surface area contributed by atoms with Crippen molar-refractivity contribution in [2.75, 3.05) is 5.32 Å². The van der Waals surface area contributed by atoms with Crippen molar-refractivity contribution in [3.8, 4) is 11.1 Å². The Morgan fingerprint density at radius 2 is 1.53 bits per heavy atom. The zero-order chi connectivity index (χ0) is 27.7. The number of hydrogen-bond donors (Lipinski definition) is 1. The van der Waals surface area contributed by atoms with Gasteiger partial charge in [0, 0.05) is 24.1 Å². The first-order valence-electron chi connectivity index (χ1n) is 11.6. The van der Waals surface area contributed by atoms with Crippen LogP contribution in [0.5, 0.6) is 0 Å². The number of carbonyl (C=O) groups is 2. The molecule has 0 aliphatic carbocycles. The quantitative estimate of drug-likeness (QED) is 0.200. The molecule has 1 atom stereocenters. The third-order valence-electron chi connectivity index (χ3n) is 6.11. The van der Waals surface area contributed by atoms with E-state index in [-0.39, 0.29) is 18.2 Å². The second-order valence-corrected chi connectivity index (χ2v) is 8.63. The zero-order valence-electron chi connectivity index (χ0n) is 20.6. The van der Waals surface area contributed by atoms with E-state index in [9.17, 15) is 31.9 Å². The molecule has 3 aromatic carbocycles. The second kappa shape index (κ2) is 10.5. The molecule has 10 heteroatoms. The number of carbonyl (C=O) groups excluding carboxylic acids is 2. The molecule has 1 heterocycles. The van der Waals surface area contributed by atoms with Gasteiger partial charge in [-0.3, -0.25) is 9.59 Å². The van der Waals surface area contributed by atoms with E-state index in [1.54, 1.807) is 41.7 Å². The molecule has 1 amide bonds. The predicted molar refractivity (Wildman–Crippen MR) is 134 cm³/mol. The number of esters is 1. The van der Waals surface area contributed by atoms with Crippen molar-refractivity contribution in [2.45, 2.75) is 26.4 Å². The molecule has 0 aliphatic rings. The standard InChI is InChI=1S/C28H22F4N2O4/c1-4-20(26(35)33-24-22(31)18(29)13-19(30)23(24)32)38-28(37)25-21(15-11-9-14(2)10-12-15)16-7-5-6-8-17(16)27(36)34(25)3/h5-13,20H,4H2,1-3H3,(H,33,35). The summed E-state index contributed by atoms with van der Waals surface area (Å²) in [6.07, 6.45) is -1.76. The highest BCUT2D eigenvalue weighted by atomic mass is 19.2. The highest BCUT2D eigenvalue weighted by molar-refractivity contribution is 6.07. The molecule has 0 bridgehead atoms. The van der Waals surface area contributed by atoms with Crippen LogP contribution in [-0.2, 0) is 16.6 Å². The average Bonchev–Trinajstić information content (AvgIpc) is 2.90. The van der Waals surface area contributed by atoms with Crippen LogP contribution >= 0.6 is 0 Å². The highest BCUT2D eigenvalue weighted by Gasteiger charge is 2.29. The predicted octanol–water partition coefficient (Wildman–Crippen LogP) is 5.64. The Morgan fingerprint density at radius 3 is 2.11 bits per heavy atom. The van der Waals surface area contributed by atoms with Crippen molar-refractivity contribution in [3.63, 3.8) is 0 Å². The number of aryl methyl sites for hydroxylation is 1. The van der Waals surface area contributed by atoms with Gasteiger partial charge in [0.15, 0.2) is 29.4 Å². The number of ether oxygens (including phenoxy) is 1. The van der Waals surface area contributed by atoms with E-state index < -0.39 is 52.5 Å². The number of hydrogen-bond acceptors (Lipinski definition) is 4. The van der Waals surface area contributed by atoms with Crippen LogP contribution in [-0.4, -0.2) is 22.5 Å². The van der Waals surface area contributed by atoms with E-state index >= 15 is 0 Å². The van der Waals surface area contributed by atoms with Crippen LogP contribution in [0.2, 0.25) is 0 Å². The van der Waals surface area contributed by atoms with Crippen molar-refractivity contribution in [1.29, 1.82) is 0 Å². The summed E-state index contributed by atoms with van der Waals surface area (Å²) in [6, 6.07) is 13.9. The van der Waals surface area contributed by atoms with Gasteiger partial charge in [0.2, 0.25) is 0 Å². The molecule has 0 saturated heterocycles. The number of anilines is 1. The summed E-state index contributed by atoms with van der Waals surface area (Å²) >= 11 is 0. The van der Waals surface area contributed by atoms with Gasteiger partial charge in [-0.15, -0.1) is 0 Å². The van der Waals surface area contributed by atoms with Gasteiger partial charge < -0.3 is 14.6 Å². The summed E-state index contributed by atoms with van der Waals surface area (Å²) in [7, 11) is 1.38. The number of pyridine rings is 1. The third kappa shape index (κ3) is 4.77. The molecule has 0 radical (unpaired) electrons. The summed E-state index contributed by atoms with van der Waals surface area (Å²) in [4.78, 5) is 39.3. The smallest absolute Gasteiger partial charge is 0.356 e. The van der Waals surface area contributed by atoms with Crippen LogP contribution in [0.3, 0.4) is 0 Å². The fourth-order valence-electron chi connectivity index (χ4n) is 4.11. The van der Waals surface area contributed by atoms with Crippen molar-refractivity contribution in [2.24, 2.45) is 7.05 Å². The zero-order valence-corrected chi connectivity index (χ0v) is 20.6. The highest BCUT2D eigenvalue weighted by Crippen LogP contribution is 2.32. The number of benzene rings is 3. The lowest BCUT2D eigenvalue weighted by molar-refractivity contribution is -0.124. The maximum absolute atomic E-state index is 14.1. The number of fused-ring (bicyclic) bond motifs is 1. The molecule has 1 N–H and O–H groups in total. The Bertz CT molecular complexity index is 1610. The second-order valence-electron chi connectivity index (χ2n) is 8.63. The number of aromatic nitrogens is 1. The maximum Gasteiger partial charge on any atom is 0.356 e. The largest absolute Gasteiger partial charge is 0.448 e. The number of amides is 1. The van der Waals surface area contributed by atoms with Crippen LogP contribution in [0.1, 0.15) is 29.4 Å². The monoisotopic (exact) mass is 526 g/mol. The summed E-state index contributed by atoms with van der Waals surface area (Å²) < 4.78 is 61.8. The minimum atomic E-state index is -1.81. The maximum atomic E-state index is 14.1. The fourth-order valence-corrected chi connectivity index (χ4v) is 4.11. The van der Waals surface area contributed by atoms with Gasteiger partial charge >= 0.3 is 5.97 Å². The van der Waals surface area contributed by atoms with Gasteiger partial charge in [-0.1, -0.05) is 55.0 Å². The van der Waals surface area contributed by atoms with Gasteiger partial charge in [0.1, 0.15) is 11.4 Å². The summed E-state index contributed by atoms with van der Waals surface area (Å²) in [6.45, 7) is 3.34. The number of nitrogens with one attached hydrogen (secondary N) is 1. The van der Waals surface area contributed by atoms with Crippen molar-refractivity contribution >= 4 is 28.3 Å². The fraction of sp³-hybridized carbons (Fsp3) is 0.179. The lowest BCUT2D eigenvalue weighted by Crippen LogP contribution is -2.35. The lowest BCUT2D eigenvalue weighted by Gasteiger charge is -2.20. The minimum absolute atomic E-state index is 0.00446. The van der Waals surface area contributed by atoms with Gasteiger partial charge in [-0.25, -0.2) is 22.4 Å². The molecule has 0 saturated carbocycles. The van der Waals surface area contributed by atoms with Crippen LogP contribution in [0.25, 0.3) is 21.9 Å². The number of halogens is 4. The molecule has 38 heavy (non-hydrogen) atoms. The van der Waals surface area contributed by atoms with Crippen LogP contribution in [0.15, 0.2) is 59.4 Å². The molecule has 6 nitrogen and oxygen atoms in total. The summed E-state index contributed by atoms with van der Waals surface area (Å²) in [5, 5.41) is 2.59. The van der Waals surface area contributed by atoms with Crippen molar-refractivity contribution in [3.05, 3.63) is 99.5 Å². The number of rotatable bonds is 6. The lowest BCUT2D eigenvalue weighted by atomic mass is 9.96. The summed E-state index contributed by atoms with van der Waals surface area (Å²) in [5.41, 5.74) is -0.0415. The average molecular weight is 526 g/mol. The molecule has 1 unspecified atom stereocenters. The molecule has 196 valence electrons. The minimum Gasteiger partial charge on any atom is -0.448 e. The Balaban J connectivity index is 1.77. The SMILES string of the molecule is CCC(OC(=O)c1c(-c2ccc(C)cc2)c2ccccc2c(=O)n1C)C(=O)Nc1c(F)c(F)cc(F)c1F. The first-order valence-corrected chi connectivity index (χ1v) is 11.6. The first kappa shape index (κ1) is 26.6. The van der Waals surface area contributed by atoms with Gasteiger partial charge in [-0.2, -0.15) is 0 Å². The Labute approximate surface area is 214 Å². The van der Waals surface area contributed by atoms with Crippen LogP contribution in [0, 0.1) is 30.2 Å². The van der Waals surface area contributed by atoms with E-state index in [2.05, 4.69) is 0 Å². The molecule has 4 rings (SSSR count). The number of nitrogens with zero attached hydrogens (tertiary/aromatic N) is 1. The van der Waals surface area contributed by atoms with Crippen molar-refractivity contribution in [1.82, 2.24) is 4.57 Å². The molecule has 0 fully saturated rings. The third-order valence-corrected chi connectivity index (χ3v) is 6.11. The summed E-state index contributed by atoms with van der Waals surface area (Å²) in [5.74, 6) is -9.31. The Hall–Kier alpha value is -4.47. The molecular formula is C28H22F4N2O4. The molecule has 4 aromatic rings. The van der Waals surface area contributed by atoms with E-state index in [4.69, 9.17) is 4.74 Å². The Kier molecular flexibility index (Phi) is 7.34. The molecule has 0 spiro atoms. The van der Waals surface area contributed by atoms with E-state index in [0.717, 1.165) is 10.1 Å². The first-order chi connectivity index (χ1) is 18.0. The van der Waals surface area contributed by atoms with Crippen LogP contribution in [0.4, 0.5) is 23.2 Å². The Morgan fingerprint density at radius 1 is 0.947 bits per heavy atom. The van der Waals surface area contributed by atoms with Crippen LogP contribution < -0.4 is 10.9 Å². The normalized spacial score (nSPS) is 11.9. The van der Waals surface area contributed by atoms with Gasteiger partial charge in [0.05, 0.1) is 0 Å². The topological polar surface area (TPSA) is 77.4 Å². The van der Waals surface area contributed by atoms with E-state index in [1.165, 1.54) is 14.0 Å². The van der Waals surface area contributed by atoms with Gasteiger partial charge in [-0.05, 0) is 30.4 Å². The van der Waals surface area contributed by atoms with Crippen molar-refractivity contribution < 1.29 is 31.9 Å². The van der Waals surface area contributed by atoms with E-state index in [0.29, 0.717) is 21.9 Å². The molecular weight excluding hydrogens is 504 g/mol. The molecule has 1 aromatic heterocycles. The van der Waals surface area contributed by atoms with Gasteiger partial charge in [0.25, 0.3) is 11.5 Å². The molecule has 0 aliphatic heterocycles. The van der Waals surface area contributed by atoms with E-state index in [1.807, 2.05) is 19.1 Å².